The zero-order valence-electron chi connectivity index (χ0n) is 14.3. The van der Waals surface area contributed by atoms with Gasteiger partial charge in [-0.1, -0.05) is 0 Å². The van der Waals surface area contributed by atoms with Crippen LogP contribution in [0.5, 0.6) is 11.5 Å². The van der Waals surface area contributed by atoms with Gasteiger partial charge in [0.05, 0.1) is 26.9 Å². The van der Waals surface area contributed by atoms with E-state index in [1.807, 2.05) is 30.0 Å². The summed E-state index contributed by atoms with van der Waals surface area (Å²) in [6, 6.07) is 5.82. The van der Waals surface area contributed by atoms with Crippen molar-refractivity contribution in [3.05, 3.63) is 34.4 Å². The molecule has 0 radical (unpaired) electrons. The fourth-order valence-electron chi connectivity index (χ4n) is 3.28. The van der Waals surface area contributed by atoms with Crippen LogP contribution in [0.1, 0.15) is 31.4 Å². The molecule has 0 bridgehead atoms. The van der Waals surface area contributed by atoms with E-state index in [0.717, 1.165) is 52.9 Å². The van der Waals surface area contributed by atoms with Gasteiger partial charge in [-0.15, -0.1) is 11.8 Å². The third kappa shape index (κ3) is 3.20. The Kier molecular flexibility index (Phi) is 5.23. The first-order valence-electron chi connectivity index (χ1n) is 8.15. The summed E-state index contributed by atoms with van der Waals surface area (Å²) in [5.74, 6) is 3.14. The lowest BCUT2D eigenvalue weighted by molar-refractivity contribution is -0.127. The molecule has 2 aliphatic rings. The van der Waals surface area contributed by atoms with Crippen molar-refractivity contribution in [3.63, 3.8) is 0 Å². The van der Waals surface area contributed by atoms with Crippen molar-refractivity contribution in [2.75, 3.05) is 33.1 Å². The van der Waals surface area contributed by atoms with Crippen LogP contribution in [0.2, 0.25) is 0 Å². The van der Waals surface area contributed by atoms with Crippen LogP contribution >= 0.6 is 11.8 Å². The monoisotopic (exact) mass is 349 g/mol. The predicted molar refractivity (Wildman–Crippen MR) is 94.3 cm³/mol. The fourth-order valence-corrected chi connectivity index (χ4v) is 4.15. The Morgan fingerprint density at radius 1 is 1.33 bits per heavy atom. The molecule has 130 valence electrons. The molecule has 2 heterocycles. The lowest BCUT2D eigenvalue weighted by Crippen LogP contribution is -2.32. The Morgan fingerprint density at radius 2 is 2.17 bits per heavy atom. The third-order valence-electron chi connectivity index (χ3n) is 4.48. The second-order valence-corrected chi connectivity index (χ2v) is 6.95. The van der Waals surface area contributed by atoms with Crippen LogP contribution < -0.4 is 9.47 Å². The zero-order valence-corrected chi connectivity index (χ0v) is 15.1. The van der Waals surface area contributed by atoms with Crippen molar-refractivity contribution in [2.45, 2.75) is 25.8 Å². The highest BCUT2D eigenvalue weighted by Gasteiger charge is 2.35. The topological polar surface area (TPSA) is 48.0 Å². The number of benzene rings is 1. The number of rotatable bonds is 4. The van der Waals surface area contributed by atoms with E-state index in [0.29, 0.717) is 6.61 Å². The fraction of sp³-hybridized carbons (Fsp3) is 0.500. The Hall–Kier alpha value is -1.82. The molecule has 1 saturated heterocycles. The van der Waals surface area contributed by atoms with Gasteiger partial charge in [0, 0.05) is 23.9 Å². The van der Waals surface area contributed by atoms with Gasteiger partial charge in [-0.3, -0.25) is 4.79 Å². The first-order chi connectivity index (χ1) is 11.7. The van der Waals surface area contributed by atoms with E-state index in [4.69, 9.17) is 14.2 Å². The molecule has 6 heteroatoms. The average Bonchev–Trinajstić information content (AvgIpc) is 3.10. The van der Waals surface area contributed by atoms with Crippen LogP contribution in [0.4, 0.5) is 0 Å². The molecule has 0 aliphatic carbocycles. The van der Waals surface area contributed by atoms with Crippen molar-refractivity contribution in [3.8, 4) is 11.5 Å². The molecular formula is C18H23NO4S. The summed E-state index contributed by atoms with van der Waals surface area (Å²) >= 11 is 1.59. The first kappa shape index (κ1) is 17.0. The Bertz CT molecular complexity index is 658. The van der Waals surface area contributed by atoms with Crippen molar-refractivity contribution in [1.29, 1.82) is 0 Å². The van der Waals surface area contributed by atoms with E-state index in [1.165, 1.54) is 0 Å². The highest BCUT2D eigenvalue weighted by atomic mass is 32.2. The van der Waals surface area contributed by atoms with Crippen LogP contribution in [-0.4, -0.2) is 43.9 Å². The lowest BCUT2D eigenvalue weighted by atomic mass is 10.0. The van der Waals surface area contributed by atoms with Crippen molar-refractivity contribution in [2.24, 2.45) is 0 Å². The molecule has 0 N–H and O–H groups in total. The smallest absolute Gasteiger partial charge is 0.264 e. The van der Waals surface area contributed by atoms with E-state index >= 15 is 0 Å². The summed E-state index contributed by atoms with van der Waals surface area (Å²) in [4.78, 5) is 15.7. The van der Waals surface area contributed by atoms with Gasteiger partial charge in [0.2, 0.25) is 0 Å². The number of methoxy groups -OCH3 is 2. The van der Waals surface area contributed by atoms with Gasteiger partial charge in [-0.05, 0) is 31.9 Å². The van der Waals surface area contributed by atoms with E-state index in [1.54, 1.807) is 26.0 Å². The molecule has 1 aromatic carbocycles. The van der Waals surface area contributed by atoms with Crippen molar-refractivity contribution < 1.29 is 19.0 Å². The maximum atomic E-state index is 13.0. The van der Waals surface area contributed by atoms with Gasteiger partial charge in [-0.25, -0.2) is 0 Å². The predicted octanol–water partition coefficient (Wildman–Crippen LogP) is 3.36. The van der Waals surface area contributed by atoms with Crippen LogP contribution in [0, 0.1) is 0 Å². The number of amides is 1. The summed E-state index contributed by atoms with van der Waals surface area (Å²) in [5.41, 5.74) is 1.03. The molecule has 3 rings (SSSR count). The molecule has 1 amide bonds. The van der Waals surface area contributed by atoms with Crippen LogP contribution in [0.25, 0.3) is 0 Å². The maximum Gasteiger partial charge on any atom is 0.264 e. The molecule has 1 fully saturated rings. The Labute approximate surface area is 146 Å². The van der Waals surface area contributed by atoms with Crippen molar-refractivity contribution >= 4 is 17.7 Å². The minimum atomic E-state index is 0.0289. The van der Waals surface area contributed by atoms with Gasteiger partial charge < -0.3 is 19.1 Å². The number of nitrogens with zero attached hydrogens (tertiary/aromatic N) is 1. The van der Waals surface area contributed by atoms with Gasteiger partial charge >= 0.3 is 0 Å². The molecule has 0 spiro atoms. The van der Waals surface area contributed by atoms with Crippen molar-refractivity contribution in [1.82, 2.24) is 4.90 Å². The highest BCUT2D eigenvalue weighted by molar-refractivity contribution is 8.04. The normalized spacial score (nSPS) is 20.8. The standard InChI is InChI=1S/C18H23NO4S/c1-12-17(24-10-9-23-12)18(20)19-8-4-5-15(19)14-7-6-13(21-2)11-16(14)22-3/h6-7,11,15H,4-5,8-10H2,1-3H3. The van der Waals surface area contributed by atoms with E-state index in [-0.39, 0.29) is 11.9 Å². The molecule has 2 aliphatic heterocycles. The number of ether oxygens (including phenoxy) is 3. The van der Waals surface area contributed by atoms with Crippen LogP contribution in [-0.2, 0) is 9.53 Å². The quantitative estimate of drug-likeness (QED) is 0.834. The number of carbonyl (C=O) groups excluding carboxylic acids is 1. The van der Waals surface area contributed by atoms with E-state index in [9.17, 15) is 4.79 Å². The molecule has 1 unspecified atom stereocenters. The summed E-state index contributed by atoms with van der Waals surface area (Å²) in [6.45, 7) is 3.30. The molecule has 0 aromatic heterocycles. The van der Waals surface area contributed by atoms with Gasteiger partial charge in [0.25, 0.3) is 5.91 Å². The second kappa shape index (κ2) is 7.38. The second-order valence-electron chi connectivity index (χ2n) is 5.85. The Morgan fingerprint density at radius 3 is 2.88 bits per heavy atom. The number of carbonyl (C=O) groups is 1. The zero-order chi connectivity index (χ0) is 17.1. The molecule has 1 atom stereocenters. The molecule has 0 saturated carbocycles. The SMILES string of the molecule is COc1ccc(C2CCCN2C(=O)C2=C(C)OCCS2)c(OC)c1. The molecule has 5 nitrogen and oxygen atoms in total. The minimum absolute atomic E-state index is 0.0289. The first-order valence-corrected chi connectivity index (χ1v) is 9.13. The number of likely N-dealkylation sites (tertiary alicyclic amines) is 1. The molecular weight excluding hydrogens is 326 g/mol. The van der Waals surface area contributed by atoms with E-state index in [2.05, 4.69) is 0 Å². The summed E-state index contributed by atoms with van der Waals surface area (Å²) in [5, 5.41) is 0. The summed E-state index contributed by atoms with van der Waals surface area (Å²) in [6.07, 6.45) is 1.93. The largest absolute Gasteiger partial charge is 0.497 e. The number of hydrogen-bond acceptors (Lipinski definition) is 5. The van der Waals surface area contributed by atoms with Gasteiger partial charge in [0.15, 0.2) is 0 Å². The number of hydrogen-bond donors (Lipinski definition) is 0. The van der Waals surface area contributed by atoms with E-state index < -0.39 is 0 Å². The third-order valence-corrected chi connectivity index (χ3v) is 5.60. The van der Waals surface area contributed by atoms with Gasteiger partial charge in [0.1, 0.15) is 22.2 Å². The number of allylic oxidation sites excluding steroid dienone is 1. The van der Waals surface area contributed by atoms with Gasteiger partial charge in [-0.2, -0.15) is 0 Å². The van der Waals surface area contributed by atoms with Crippen LogP contribution in [0.3, 0.4) is 0 Å². The Balaban J connectivity index is 1.90. The summed E-state index contributed by atoms with van der Waals surface area (Å²) in [7, 11) is 3.28. The summed E-state index contributed by atoms with van der Waals surface area (Å²) < 4.78 is 16.4. The minimum Gasteiger partial charge on any atom is -0.497 e. The lowest BCUT2D eigenvalue weighted by Gasteiger charge is -2.29. The molecule has 24 heavy (non-hydrogen) atoms. The number of thioether (sulfide) groups is 1. The average molecular weight is 349 g/mol. The van der Waals surface area contributed by atoms with Crippen LogP contribution in [0.15, 0.2) is 28.9 Å². The molecule has 1 aromatic rings. The highest BCUT2D eigenvalue weighted by Crippen LogP contribution is 2.40. The maximum absolute atomic E-state index is 13.0.